The molecule has 1 aliphatic rings. The molecule has 0 aliphatic carbocycles. The van der Waals surface area contributed by atoms with Crippen molar-refractivity contribution in [3.63, 3.8) is 0 Å². The minimum atomic E-state index is -0.459. The molecule has 0 unspecified atom stereocenters. The number of nitrogens with zero attached hydrogens (tertiary/aromatic N) is 2. The van der Waals surface area contributed by atoms with Gasteiger partial charge >= 0.3 is 0 Å². The Morgan fingerprint density at radius 2 is 1.65 bits per heavy atom. The highest BCUT2D eigenvalue weighted by atomic mass is 16.2. The quantitative estimate of drug-likeness (QED) is 0.667. The van der Waals surface area contributed by atoms with Gasteiger partial charge in [-0.05, 0) is 11.6 Å². The SMILES string of the molecule is CC(=O)N1C(=O)Cc2ccccc2N1C(C)=O. The van der Waals surface area contributed by atoms with E-state index in [9.17, 15) is 14.4 Å². The lowest BCUT2D eigenvalue weighted by Gasteiger charge is -2.36. The van der Waals surface area contributed by atoms with Crippen LogP contribution in [0.4, 0.5) is 5.69 Å². The Balaban J connectivity index is 2.58. The number of anilines is 1. The van der Waals surface area contributed by atoms with Gasteiger partial charge in [-0.15, -0.1) is 0 Å². The van der Waals surface area contributed by atoms with Crippen molar-refractivity contribution in [3.05, 3.63) is 29.8 Å². The molecule has 0 fully saturated rings. The van der Waals surface area contributed by atoms with E-state index < -0.39 is 5.91 Å². The standard InChI is InChI=1S/C12H12N2O3/c1-8(15)13-11-6-4-3-5-10(11)7-12(17)14(13)9(2)16/h3-6H,7H2,1-2H3. The first-order valence-corrected chi connectivity index (χ1v) is 5.24. The molecule has 0 aromatic heterocycles. The number of hydrogen-bond donors (Lipinski definition) is 0. The van der Waals surface area contributed by atoms with Crippen LogP contribution in [-0.4, -0.2) is 22.7 Å². The minimum absolute atomic E-state index is 0.138. The lowest BCUT2D eigenvalue weighted by Crippen LogP contribution is -2.55. The van der Waals surface area contributed by atoms with Gasteiger partial charge in [-0.3, -0.25) is 14.4 Å². The fourth-order valence-electron chi connectivity index (χ4n) is 1.95. The first-order valence-electron chi connectivity index (χ1n) is 5.24. The molecule has 1 aliphatic heterocycles. The first-order chi connectivity index (χ1) is 8.02. The number of carbonyl (C=O) groups excluding carboxylic acids is 3. The molecule has 0 spiro atoms. The number of hydrazine groups is 1. The van der Waals surface area contributed by atoms with Crippen molar-refractivity contribution in [3.8, 4) is 0 Å². The van der Waals surface area contributed by atoms with Gasteiger partial charge in [-0.2, -0.15) is 5.01 Å². The highest BCUT2D eigenvalue weighted by molar-refractivity contribution is 6.07. The molecular formula is C12H12N2O3. The van der Waals surface area contributed by atoms with Gasteiger partial charge in [0.1, 0.15) is 0 Å². The van der Waals surface area contributed by atoms with Crippen LogP contribution in [0.3, 0.4) is 0 Å². The predicted molar refractivity (Wildman–Crippen MR) is 60.8 cm³/mol. The van der Waals surface area contributed by atoms with E-state index in [1.165, 1.54) is 13.8 Å². The van der Waals surface area contributed by atoms with E-state index in [2.05, 4.69) is 0 Å². The maximum atomic E-state index is 11.8. The highest BCUT2D eigenvalue weighted by Gasteiger charge is 2.34. The molecule has 3 amide bonds. The van der Waals surface area contributed by atoms with Crippen molar-refractivity contribution in [2.75, 3.05) is 5.01 Å². The summed E-state index contributed by atoms with van der Waals surface area (Å²) in [6, 6.07) is 7.07. The third-order valence-corrected chi connectivity index (χ3v) is 2.59. The molecule has 5 heteroatoms. The van der Waals surface area contributed by atoms with Gasteiger partial charge in [-0.25, -0.2) is 5.01 Å². The van der Waals surface area contributed by atoms with Crippen LogP contribution in [0, 0.1) is 0 Å². The third kappa shape index (κ3) is 1.80. The van der Waals surface area contributed by atoms with Crippen LogP contribution in [0.5, 0.6) is 0 Å². The van der Waals surface area contributed by atoms with Crippen molar-refractivity contribution < 1.29 is 14.4 Å². The smallest absolute Gasteiger partial charge is 0.253 e. The van der Waals surface area contributed by atoms with Gasteiger partial charge in [0.15, 0.2) is 0 Å². The number of carbonyl (C=O) groups is 3. The molecule has 0 bridgehead atoms. The van der Waals surface area contributed by atoms with E-state index in [-0.39, 0.29) is 18.2 Å². The van der Waals surface area contributed by atoms with Crippen molar-refractivity contribution in [1.82, 2.24) is 5.01 Å². The van der Waals surface area contributed by atoms with Crippen molar-refractivity contribution in [1.29, 1.82) is 0 Å². The Bertz CT molecular complexity index is 510. The van der Waals surface area contributed by atoms with E-state index in [0.717, 1.165) is 15.6 Å². The van der Waals surface area contributed by atoms with Crippen LogP contribution in [0.15, 0.2) is 24.3 Å². The average Bonchev–Trinajstić information content (AvgIpc) is 2.26. The van der Waals surface area contributed by atoms with E-state index in [1.807, 2.05) is 0 Å². The summed E-state index contributed by atoms with van der Waals surface area (Å²) in [5, 5.41) is 2.02. The van der Waals surface area contributed by atoms with Gasteiger partial charge in [0.2, 0.25) is 11.8 Å². The predicted octanol–water partition coefficient (Wildman–Crippen LogP) is 0.886. The van der Waals surface area contributed by atoms with E-state index in [0.29, 0.717) is 5.69 Å². The molecule has 2 rings (SSSR count). The van der Waals surface area contributed by atoms with Crippen molar-refractivity contribution in [2.24, 2.45) is 0 Å². The lowest BCUT2D eigenvalue weighted by molar-refractivity contribution is -0.147. The maximum absolute atomic E-state index is 11.8. The Kier molecular flexibility index (Phi) is 2.67. The molecule has 1 aromatic carbocycles. The van der Waals surface area contributed by atoms with Crippen LogP contribution in [0.1, 0.15) is 19.4 Å². The number of imide groups is 1. The normalized spacial score (nSPS) is 14.6. The summed E-state index contributed by atoms with van der Waals surface area (Å²) in [5.41, 5.74) is 1.35. The van der Waals surface area contributed by atoms with Crippen molar-refractivity contribution >= 4 is 23.4 Å². The Hall–Kier alpha value is -2.17. The largest absolute Gasteiger partial charge is 0.273 e. The molecule has 0 saturated heterocycles. The minimum Gasteiger partial charge on any atom is -0.273 e. The molecule has 0 atom stereocenters. The summed E-state index contributed by atoms with van der Waals surface area (Å²) in [6.45, 7) is 2.59. The van der Waals surface area contributed by atoms with E-state index in [1.54, 1.807) is 24.3 Å². The molecule has 0 saturated carbocycles. The van der Waals surface area contributed by atoms with Gasteiger partial charge in [0.05, 0.1) is 12.1 Å². The van der Waals surface area contributed by atoms with Gasteiger partial charge in [0.25, 0.3) is 5.91 Å². The summed E-state index contributed by atoms with van der Waals surface area (Å²) >= 11 is 0. The van der Waals surface area contributed by atoms with E-state index >= 15 is 0 Å². The van der Waals surface area contributed by atoms with Gasteiger partial charge in [0, 0.05) is 13.8 Å². The van der Waals surface area contributed by atoms with Crippen LogP contribution in [-0.2, 0) is 20.8 Å². The first kappa shape index (κ1) is 11.3. The number of amides is 3. The highest BCUT2D eigenvalue weighted by Crippen LogP contribution is 2.28. The zero-order chi connectivity index (χ0) is 12.6. The summed E-state index contributed by atoms with van der Waals surface area (Å²) in [4.78, 5) is 34.9. The fourth-order valence-corrected chi connectivity index (χ4v) is 1.95. The number of rotatable bonds is 0. The second-order valence-corrected chi connectivity index (χ2v) is 3.86. The third-order valence-electron chi connectivity index (χ3n) is 2.59. The second-order valence-electron chi connectivity index (χ2n) is 3.86. The molecule has 0 radical (unpaired) electrons. The monoisotopic (exact) mass is 232 g/mol. The van der Waals surface area contributed by atoms with E-state index in [4.69, 9.17) is 0 Å². The zero-order valence-electron chi connectivity index (χ0n) is 9.64. The zero-order valence-corrected chi connectivity index (χ0v) is 9.64. The second kappa shape index (κ2) is 4.01. The molecule has 1 heterocycles. The van der Waals surface area contributed by atoms with Gasteiger partial charge < -0.3 is 0 Å². The summed E-state index contributed by atoms with van der Waals surface area (Å²) in [7, 11) is 0. The summed E-state index contributed by atoms with van der Waals surface area (Å²) in [5.74, 6) is -1.20. The molecule has 1 aromatic rings. The summed E-state index contributed by atoms with van der Waals surface area (Å²) < 4.78 is 0. The Morgan fingerprint density at radius 1 is 1.06 bits per heavy atom. The number of benzene rings is 1. The fraction of sp³-hybridized carbons (Fsp3) is 0.250. The molecule has 0 N–H and O–H groups in total. The molecule has 5 nitrogen and oxygen atoms in total. The van der Waals surface area contributed by atoms with Crippen LogP contribution >= 0.6 is 0 Å². The maximum Gasteiger partial charge on any atom is 0.253 e. The number of para-hydroxylation sites is 1. The van der Waals surface area contributed by atoms with Crippen LogP contribution in [0.25, 0.3) is 0 Å². The number of hydrogen-bond acceptors (Lipinski definition) is 3. The molecule has 88 valence electrons. The topological polar surface area (TPSA) is 57.7 Å². The Labute approximate surface area is 98.6 Å². The molecule has 17 heavy (non-hydrogen) atoms. The lowest BCUT2D eigenvalue weighted by atomic mass is 10.1. The summed E-state index contributed by atoms with van der Waals surface area (Å²) in [6.07, 6.45) is 0.138. The van der Waals surface area contributed by atoms with Gasteiger partial charge in [-0.1, -0.05) is 18.2 Å². The van der Waals surface area contributed by atoms with Crippen LogP contribution in [0.2, 0.25) is 0 Å². The average molecular weight is 232 g/mol. The van der Waals surface area contributed by atoms with Crippen molar-refractivity contribution in [2.45, 2.75) is 20.3 Å². The molecular weight excluding hydrogens is 220 g/mol. The Morgan fingerprint density at radius 3 is 2.24 bits per heavy atom. The number of fused-ring (bicyclic) bond motifs is 1. The van der Waals surface area contributed by atoms with Crippen LogP contribution < -0.4 is 5.01 Å².